The van der Waals surface area contributed by atoms with Gasteiger partial charge in [0.2, 0.25) is 15.9 Å². The number of carbonyl (C=O) groups excluding carboxylic acids is 1. The summed E-state index contributed by atoms with van der Waals surface area (Å²) in [6.45, 7) is 6.88. The van der Waals surface area contributed by atoms with Crippen LogP contribution in [0.15, 0.2) is 23.1 Å². The molecule has 6 nitrogen and oxygen atoms in total. The van der Waals surface area contributed by atoms with Crippen molar-refractivity contribution in [3.63, 3.8) is 0 Å². The molecule has 3 rings (SSSR count). The molecule has 0 N–H and O–H groups in total. The van der Waals surface area contributed by atoms with Gasteiger partial charge in [0.25, 0.3) is 0 Å². The summed E-state index contributed by atoms with van der Waals surface area (Å²) in [6.07, 6.45) is 3.23. The molecule has 0 spiro atoms. The van der Waals surface area contributed by atoms with Crippen molar-refractivity contribution < 1.29 is 17.9 Å². The summed E-state index contributed by atoms with van der Waals surface area (Å²) in [5.41, 5.74) is 0. The van der Waals surface area contributed by atoms with Crippen LogP contribution in [0.3, 0.4) is 0 Å². The van der Waals surface area contributed by atoms with Crippen LogP contribution < -0.4 is 4.74 Å². The third-order valence-electron chi connectivity index (χ3n) is 5.74. The first kappa shape index (κ1) is 21.4. The molecule has 2 heterocycles. The largest absolute Gasteiger partial charge is 0.492 e. The molecule has 2 aliphatic heterocycles. The summed E-state index contributed by atoms with van der Waals surface area (Å²) in [5.74, 6) is 1.26. The maximum absolute atomic E-state index is 13.0. The highest BCUT2D eigenvalue weighted by molar-refractivity contribution is 7.89. The number of piperidine rings is 2. The van der Waals surface area contributed by atoms with E-state index in [9.17, 15) is 13.2 Å². The predicted octanol–water partition coefficient (Wildman–Crippen LogP) is 3.40. The number of nitrogens with zero attached hydrogens (tertiary/aromatic N) is 2. The van der Waals surface area contributed by atoms with E-state index in [1.165, 1.54) is 16.4 Å². The summed E-state index contributed by atoms with van der Waals surface area (Å²) < 4.78 is 32.7. The molecule has 0 unspecified atom stereocenters. The molecule has 0 saturated carbocycles. The molecule has 2 fully saturated rings. The lowest BCUT2D eigenvalue weighted by molar-refractivity contribution is -0.138. The van der Waals surface area contributed by atoms with Gasteiger partial charge in [-0.1, -0.05) is 18.5 Å². The van der Waals surface area contributed by atoms with Gasteiger partial charge in [0, 0.05) is 32.1 Å². The second kappa shape index (κ2) is 9.01. The van der Waals surface area contributed by atoms with Crippen LogP contribution in [0, 0.1) is 11.8 Å². The molecule has 2 saturated heterocycles. The quantitative estimate of drug-likeness (QED) is 0.720. The normalized spacial score (nSPS) is 20.3. The van der Waals surface area contributed by atoms with Gasteiger partial charge in [-0.15, -0.1) is 0 Å². The fourth-order valence-corrected chi connectivity index (χ4v) is 5.69. The van der Waals surface area contributed by atoms with Crippen molar-refractivity contribution >= 4 is 27.5 Å². The molecule has 8 heteroatoms. The number of halogens is 1. The molecule has 1 aromatic carbocycles. The SMILES string of the molecule is CCOc1ccc(S(=O)(=O)N2CCC(C(=O)N3CCC(C)CC3)CC2)cc1Cl. The van der Waals surface area contributed by atoms with Gasteiger partial charge in [-0.2, -0.15) is 4.31 Å². The second-order valence-electron chi connectivity index (χ2n) is 7.71. The highest BCUT2D eigenvalue weighted by Crippen LogP contribution is 2.31. The zero-order valence-electron chi connectivity index (χ0n) is 16.6. The van der Waals surface area contributed by atoms with Crippen LogP contribution in [-0.4, -0.2) is 56.3 Å². The zero-order chi connectivity index (χ0) is 20.3. The van der Waals surface area contributed by atoms with E-state index in [2.05, 4.69) is 6.92 Å². The lowest BCUT2D eigenvalue weighted by Crippen LogP contribution is -2.46. The van der Waals surface area contributed by atoms with Gasteiger partial charge in [-0.3, -0.25) is 4.79 Å². The maximum Gasteiger partial charge on any atom is 0.243 e. The first-order valence-corrected chi connectivity index (χ1v) is 11.9. The number of ether oxygens (including phenoxy) is 1. The fraction of sp³-hybridized carbons (Fsp3) is 0.650. The highest BCUT2D eigenvalue weighted by Gasteiger charge is 2.34. The number of carbonyl (C=O) groups is 1. The van der Waals surface area contributed by atoms with Gasteiger partial charge in [-0.05, 0) is 56.7 Å². The lowest BCUT2D eigenvalue weighted by atomic mass is 9.93. The van der Waals surface area contributed by atoms with Crippen molar-refractivity contribution in [1.29, 1.82) is 0 Å². The smallest absolute Gasteiger partial charge is 0.243 e. The number of amides is 1. The van der Waals surface area contributed by atoms with Crippen LogP contribution in [0.2, 0.25) is 5.02 Å². The number of hydrogen-bond acceptors (Lipinski definition) is 4. The Morgan fingerprint density at radius 1 is 1.14 bits per heavy atom. The van der Waals surface area contributed by atoms with E-state index < -0.39 is 10.0 Å². The molecule has 0 atom stereocenters. The van der Waals surface area contributed by atoms with E-state index in [0.717, 1.165) is 25.9 Å². The predicted molar refractivity (Wildman–Crippen MR) is 109 cm³/mol. The average Bonchev–Trinajstić information content (AvgIpc) is 2.70. The molecule has 0 aromatic heterocycles. The van der Waals surface area contributed by atoms with E-state index in [4.69, 9.17) is 16.3 Å². The van der Waals surface area contributed by atoms with E-state index in [1.807, 2.05) is 11.8 Å². The molecular weight excluding hydrogens is 400 g/mol. The maximum atomic E-state index is 13.0. The Kier molecular flexibility index (Phi) is 6.89. The van der Waals surface area contributed by atoms with Gasteiger partial charge >= 0.3 is 0 Å². The number of likely N-dealkylation sites (tertiary alicyclic amines) is 1. The van der Waals surface area contributed by atoms with Crippen molar-refractivity contribution in [2.24, 2.45) is 11.8 Å². The Morgan fingerprint density at radius 3 is 2.36 bits per heavy atom. The fourth-order valence-electron chi connectivity index (χ4n) is 3.89. The van der Waals surface area contributed by atoms with Crippen molar-refractivity contribution in [2.45, 2.75) is 44.4 Å². The first-order chi connectivity index (χ1) is 13.3. The monoisotopic (exact) mass is 428 g/mol. The summed E-state index contributed by atoms with van der Waals surface area (Å²) >= 11 is 6.16. The molecule has 0 bridgehead atoms. The van der Waals surface area contributed by atoms with Gasteiger partial charge in [0.15, 0.2) is 0 Å². The average molecular weight is 429 g/mol. The first-order valence-electron chi connectivity index (χ1n) is 10.0. The minimum Gasteiger partial charge on any atom is -0.492 e. The molecule has 28 heavy (non-hydrogen) atoms. The zero-order valence-corrected chi connectivity index (χ0v) is 18.1. The lowest BCUT2D eigenvalue weighted by Gasteiger charge is -2.36. The molecule has 0 radical (unpaired) electrons. The Morgan fingerprint density at radius 2 is 1.79 bits per heavy atom. The number of sulfonamides is 1. The van der Waals surface area contributed by atoms with Gasteiger partial charge in [0.05, 0.1) is 16.5 Å². The van der Waals surface area contributed by atoms with Crippen LogP contribution in [0.4, 0.5) is 0 Å². The third kappa shape index (κ3) is 4.63. The van der Waals surface area contributed by atoms with Crippen molar-refractivity contribution in [1.82, 2.24) is 9.21 Å². The molecule has 1 amide bonds. The van der Waals surface area contributed by atoms with Crippen molar-refractivity contribution in [2.75, 3.05) is 32.8 Å². The number of benzene rings is 1. The third-order valence-corrected chi connectivity index (χ3v) is 7.93. The van der Waals surface area contributed by atoms with Crippen LogP contribution in [-0.2, 0) is 14.8 Å². The van der Waals surface area contributed by atoms with E-state index >= 15 is 0 Å². The Balaban J connectivity index is 1.62. The van der Waals surface area contributed by atoms with Gasteiger partial charge in [0.1, 0.15) is 5.75 Å². The summed E-state index contributed by atoms with van der Waals surface area (Å²) in [6, 6.07) is 4.55. The summed E-state index contributed by atoms with van der Waals surface area (Å²) in [7, 11) is -3.63. The van der Waals surface area contributed by atoms with E-state index in [0.29, 0.717) is 44.2 Å². The molecule has 156 valence electrons. The van der Waals surface area contributed by atoms with Gasteiger partial charge < -0.3 is 9.64 Å². The van der Waals surface area contributed by atoms with Crippen LogP contribution in [0.25, 0.3) is 0 Å². The van der Waals surface area contributed by atoms with E-state index in [-0.39, 0.29) is 21.7 Å². The molecule has 1 aromatic rings. The Labute approximate surface area is 172 Å². The van der Waals surface area contributed by atoms with E-state index in [1.54, 1.807) is 6.07 Å². The standard InChI is InChI=1S/C20H29ClN2O4S/c1-3-27-19-5-4-17(14-18(19)21)28(25,26)23-12-8-16(9-13-23)20(24)22-10-6-15(2)7-11-22/h4-5,14-16H,3,6-13H2,1-2H3. The van der Waals surface area contributed by atoms with Crippen LogP contribution in [0.1, 0.15) is 39.5 Å². The minimum atomic E-state index is -3.63. The minimum absolute atomic E-state index is 0.0798. The summed E-state index contributed by atoms with van der Waals surface area (Å²) in [5, 5.41) is 0.285. The number of hydrogen-bond donors (Lipinski definition) is 0. The Hall–Kier alpha value is -1.31. The summed E-state index contributed by atoms with van der Waals surface area (Å²) in [4.78, 5) is 14.9. The van der Waals surface area contributed by atoms with Gasteiger partial charge in [-0.25, -0.2) is 8.42 Å². The topological polar surface area (TPSA) is 66.9 Å². The molecule has 2 aliphatic rings. The Bertz CT molecular complexity index is 798. The molecular formula is C20H29ClN2O4S. The number of rotatable bonds is 5. The second-order valence-corrected chi connectivity index (χ2v) is 10.1. The van der Waals surface area contributed by atoms with Crippen LogP contribution >= 0.6 is 11.6 Å². The van der Waals surface area contributed by atoms with Crippen LogP contribution in [0.5, 0.6) is 5.75 Å². The van der Waals surface area contributed by atoms with Crippen molar-refractivity contribution in [3.8, 4) is 5.75 Å². The highest BCUT2D eigenvalue weighted by atomic mass is 35.5. The van der Waals surface area contributed by atoms with Crippen molar-refractivity contribution in [3.05, 3.63) is 23.2 Å². The molecule has 0 aliphatic carbocycles.